The van der Waals surface area contributed by atoms with Gasteiger partial charge in [-0.05, 0) is 43.5 Å². The van der Waals surface area contributed by atoms with Gasteiger partial charge in [0.15, 0.2) is 0 Å². The molecule has 19 heavy (non-hydrogen) atoms. The monoisotopic (exact) mass is 281 g/mol. The van der Waals surface area contributed by atoms with Gasteiger partial charge in [0.1, 0.15) is 0 Å². The van der Waals surface area contributed by atoms with Crippen LogP contribution in [-0.2, 0) is 9.53 Å². The van der Waals surface area contributed by atoms with Gasteiger partial charge in [-0.2, -0.15) is 0 Å². The first-order valence-electron chi connectivity index (χ1n) is 6.59. The second kappa shape index (κ2) is 8.99. The van der Waals surface area contributed by atoms with E-state index in [1.807, 2.05) is 0 Å². The van der Waals surface area contributed by atoms with E-state index in [0.717, 1.165) is 12.2 Å². The van der Waals surface area contributed by atoms with E-state index in [9.17, 15) is 4.79 Å². The zero-order chi connectivity index (χ0) is 14.1. The number of benzene rings is 1. The highest BCUT2D eigenvalue weighted by Crippen LogP contribution is 2.21. The molecule has 0 aromatic heterocycles. The molecule has 0 fully saturated rings. The normalized spacial score (nSPS) is 10.5. The Morgan fingerprint density at radius 1 is 1.32 bits per heavy atom. The first kappa shape index (κ1) is 16.1. The third-order valence-corrected chi connectivity index (χ3v) is 3.92. The van der Waals surface area contributed by atoms with E-state index in [1.165, 1.54) is 16.0 Å². The number of amides is 1. The number of hydrogen-bond acceptors (Lipinski definition) is 3. The van der Waals surface area contributed by atoms with Crippen molar-refractivity contribution in [2.24, 2.45) is 0 Å². The zero-order valence-electron chi connectivity index (χ0n) is 12.0. The molecular weight excluding hydrogens is 258 g/mol. The van der Waals surface area contributed by atoms with Gasteiger partial charge < -0.3 is 10.1 Å². The molecule has 0 bridgehead atoms. The van der Waals surface area contributed by atoms with Crippen LogP contribution >= 0.6 is 11.8 Å². The predicted molar refractivity (Wildman–Crippen MR) is 80.8 cm³/mol. The molecule has 0 unspecified atom stereocenters. The van der Waals surface area contributed by atoms with Gasteiger partial charge >= 0.3 is 0 Å². The van der Waals surface area contributed by atoms with Gasteiger partial charge in [0, 0.05) is 37.3 Å². The summed E-state index contributed by atoms with van der Waals surface area (Å²) in [6.07, 6.45) is 1.43. The van der Waals surface area contributed by atoms with Crippen LogP contribution < -0.4 is 5.32 Å². The Hall–Kier alpha value is -1.00. The molecule has 0 aliphatic heterocycles. The predicted octanol–water partition coefficient (Wildman–Crippen LogP) is 2.94. The van der Waals surface area contributed by atoms with Crippen molar-refractivity contribution in [3.05, 3.63) is 29.3 Å². The fourth-order valence-electron chi connectivity index (χ4n) is 1.60. The quantitative estimate of drug-likeness (QED) is 0.588. The minimum Gasteiger partial charge on any atom is -0.385 e. The van der Waals surface area contributed by atoms with E-state index in [0.29, 0.717) is 19.6 Å². The van der Waals surface area contributed by atoms with Crippen molar-refractivity contribution in [1.82, 2.24) is 5.32 Å². The summed E-state index contributed by atoms with van der Waals surface area (Å²) in [5, 5.41) is 2.89. The van der Waals surface area contributed by atoms with Crippen LogP contribution in [-0.4, -0.2) is 31.9 Å². The summed E-state index contributed by atoms with van der Waals surface area (Å²) < 4.78 is 4.93. The molecule has 106 valence electrons. The lowest BCUT2D eigenvalue weighted by Gasteiger charge is -2.06. The Labute approximate surface area is 120 Å². The van der Waals surface area contributed by atoms with Crippen LogP contribution in [0.1, 0.15) is 24.0 Å². The summed E-state index contributed by atoms with van der Waals surface area (Å²) in [4.78, 5) is 12.8. The molecule has 1 N–H and O–H groups in total. The maximum absolute atomic E-state index is 11.6. The summed E-state index contributed by atoms with van der Waals surface area (Å²) in [6, 6.07) is 6.42. The number of carbonyl (C=O) groups is 1. The molecule has 0 atom stereocenters. The van der Waals surface area contributed by atoms with Crippen molar-refractivity contribution in [1.29, 1.82) is 0 Å². The van der Waals surface area contributed by atoms with Gasteiger partial charge in [-0.1, -0.05) is 6.07 Å². The van der Waals surface area contributed by atoms with E-state index >= 15 is 0 Å². The highest BCUT2D eigenvalue weighted by molar-refractivity contribution is 7.99. The molecular formula is C15H23NO2S. The van der Waals surface area contributed by atoms with Gasteiger partial charge in [-0.3, -0.25) is 4.79 Å². The number of carbonyl (C=O) groups excluding carboxylic acids is 1. The highest BCUT2D eigenvalue weighted by atomic mass is 32.2. The number of aryl methyl sites for hydroxylation is 2. The molecule has 0 spiro atoms. The maximum Gasteiger partial charge on any atom is 0.220 e. The second-order valence-corrected chi connectivity index (χ2v) is 5.71. The molecule has 0 radical (unpaired) electrons. The fraction of sp³-hybridized carbons (Fsp3) is 0.533. The van der Waals surface area contributed by atoms with Gasteiger partial charge in [-0.25, -0.2) is 0 Å². The lowest BCUT2D eigenvalue weighted by Crippen LogP contribution is -2.25. The van der Waals surface area contributed by atoms with Crippen molar-refractivity contribution >= 4 is 17.7 Å². The third-order valence-electron chi connectivity index (χ3n) is 2.92. The summed E-state index contributed by atoms with van der Waals surface area (Å²) in [5.41, 5.74) is 2.61. The summed E-state index contributed by atoms with van der Waals surface area (Å²) in [7, 11) is 1.67. The van der Waals surface area contributed by atoms with Crippen LogP contribution in [0.3, 0.4) is 0 Å². The van der Waals surface area contributed by atoms with E-state index < -0.39 is 0 Å². The number of thioether (sulfide) groups is 1. The molecule has 0 saturated carbocycles. The Balaban J connectivity index is 2.18. The minimum atomic E-state index is 0.118. The van der Waals surface area contributed by atoms with Crippen molar-refractivity contribution in [3.8, 4) is 0 Å². The molecule has 1 rings (SSSR count). The van der Waals surface area contributed by atoms with E-state index in [1.54, 1.807) is 18.9 Å². The molecule has 1 aromatic carbocycles. The Kier molecular flexibility index (Phi) is 7.60. The highest BCUT2D eigenvalue weighted by Gasteiger charge is 2.02. The van der Waals surface area contributed by atoms with Crippen molar-refractivity contribution in [2.45, 2.75) is 31.6 Å². The SMILES string of the molecule is COCCCNC(=O)CCSc1ccc(C)c(C)c1. The Morgan fingerprint density at radius 2 is 2.11 bits per heavy atom. The van der Waals surface area contributed by atoms with Crippen LogP contribution in [0.2, 0.25) is 0 Å². The maximum atomic E-state index is 11.6. The van der Waals surface area contributed by atoms with E-state index in [2.05, 4.69) is 37.4 Å². The number of rotatable bonds is 8. The summed E-state index contributed by atoms with van der Waals surface area (Å²) >= 11 is 1.73. The lowest BCUT2D eigenvalue weighted by molar-refractivity contribution is -0.120. The van der Waals surface area contributed by atoms with Crippen molar-refractivity contribution < 1.29 is 9.53 Å². The first-order chi connectivity index (χ1) is 9.13. The molecule has 3 nitrogen and oxygen atoms in total. The lowest BCUT2D eigenvalue weighted by atomic mass is 10.1. The largest absolute Gasteiger partial charge is 0.385 e. The van der Waals surface area contributed by atoms with Crippen LogP contribution in [0.4, 0.5) is 0 Å². The Morgan fingerprint density at radius 3 is 2.79 bits per heavy atom. The van der Waals surface area contributed by atoms with Crippen LogP contribution in [0, 0.1) is 13.8 Å². The molecule has 4 heteroatoms. The molecule has 0 saturated heterocycles. The number of hydrogen-bond donors (Lipinski definition) is 1. The second-order valence-electron chi connectivity index (χ2n) is 4.54. The number of methoxy groups -OCH3 is 1. The van der Waals surface area contributed by atoms with Crippen LogP contribution in [0.25, 0.3) is 0 Å². The van der Waals surface area contributed by atoms with E-state index in [4.69, 9.17) is 4.74 Å². The van der Waals surface area contributed by atoms with Gasteiger partial charge in [0.2, 0.25) is 5.91 Å². The number of nitrogens with one attached hydrogen (secondary N) is 1. The summed E-state index contributed by atoms with van der Waals surface area (Å²) in [6.45, 7) is 5.61. The van der Waals surface area contributed by atoms with Crippen molar-refractivity contribution in [3.63, 3.8) is 0 Å². The van der Waals surface area contributed by atoms with E-state index in [-0.39, 0.29) is 5.91 Å². The van der Waals surface area contributed by atoms with Gasteiger partial charge in [-0.15, -0.1) is 11.8 Å². The smallest absolute Gasteiger partial charge is 0.220 e. The topological polar surface area (TPSA) is 38.3 Å². The average Bonchev–Trinajstić information content (AvgIpc) is 2.39. The number of ether oxygens (including phenoxy) is 1. The third kappa shape index (κ3) is 6.64. The first-order valence-corrected chi connectivity index (χ1v) is 7.57. The van der Waals surface area contributed by atoms with Gasteiger partial charge in [0.05, 0.1) is 0 Å². The van der Waals surface area contributed by atoms with Crippen molar-refractivity contribution in [2.75, 3.05) is 26.0 Å². The molecule has 0 aliphatic rings. The zero-order valence-corrected chi connectivity index (χ0v) is 12.8. The molecule has 1 aromatic rings. The van der Waals surface area contributed by atoms with Crippen LogP contribution in [0.15, 0.2) is 23.1 Å². The van der Waals surface area contributed by atoms with Crippen LogP contribution in [0.5, 0.6) is 0 Å². The standard InChI is InChI=1S/C15H23NO2S/c1-12-5-6-14(11-13(12)2)19-10-7-15(17)16-8-4-9-18-3/h5-6,11H,4,7-10H2,1-3H3,(H,16,17). The average molecular weight is 281 g/mol. The molecule has 0 aliphatic carbocycles. The summed E-state index contributed by atoms with van der Waals surface area (Å²) in [5.74, 6) is 0.936. The van der Waals surface area contributed by atoms with Gasteiger partial charge in [0.25, 0.3) is 0 Å². The minimum absolute atomic E-state index is 0.118. The molecule has 1 amide bonds. The molecule has 0 heterocycles. The Bertz CT molecular complexity index is 407. The fourth-order valence-corrected chi connectivity index (χ4v) is 2.55.